The van der Waals surface area contributed by atoms with Gasteiger partial charge in [-0.05, 0) is 23.6 Å². The van der Waals surface area contributed by atoms with Crippen LogP contribution in [0.1, 0.15) is 5.56 Å². The Kier molecular flexibility index (Phi) is 3.02. The first-order chi connectivity index (χ1) is 7.16. The number of hydrogen-bond acceptors (Lipinski definition) is 4. The maximum Gasteiger partial charge on any atom is 0.154 e. The lowest BCUT2D eigenvalue weighted by molar-refractivity contribution is 0.378. The fourth-order valence-corrected chi connectivity index (χ4v) is 3.39. The molecule has 2 rings (SSSR count). The summed E-state index contributed by atoms with van der Waals surface area (Å²) in [5.74, 6) is 0.728. The quantitative estimate of drug-likeness (QED) is 0.797. The van der Waals surface area contributed by atoms with Gasteiger partial charge in [-0.25, -0.2) is 8.42 Å². The Bertz CT molecular complexity index is 412. The number of sulfone groups is 1. The molecule has 82 valence electrons. The average molecular weight is 226 g/mol. The summed E-state index contributed by atoms with van der Waals surface area (Å²) < 4.78 is 23.5. The zero-order valence-corrected chi connectivity index (χ0v) is 9.20. The molecule has 1 aromatic heterocycles. The van der Waals surface area contributed by atoms with Gasteiger partial charge in [0.25, 0.3) is 0 Å². The highest BCUT2D eigenvalue weighted by atomic mass is 32.2. The van der Waals surface area contributed by atoms with E-state index in [0.717, 1.165) is 18.7 Å². The van der Waals surface area contributed by atoms with Gasteiger partial charge in [0.2, 0.25) is 0 Å². The standard InChI is InChI=1S/C10H14N2O2S/c13-15(14,8-10-5-12-6-10)7-9-1-3-11-4-2-9/h1-4,10,12H,5-8H2. The Balaban J connectivity index is 1.98. The minimum absolute atomic E-state index is 0.131. The molecule has 1 aromatic rings. The molecule has 0 unspecified atom stereocenters. The highest BCUT2D eigenvalue weighted by Gasteiger charge is 2.24. The van der Waals surface area contributed by atoms with Crippen LogP contribution in [-0.2, 0) is 15.6 Å². The lowest BCUT2D eigenvalue weighted by Crippen LogP contribution is -2.45. The first-order valence-electron chi connectivity index (χ1n) is 4.96. The van der Waals surface area contributed by atoms with Gasteiger partial charge < -0.3 is 5.32 Å². The van der Waals surface area contributed by atoms with Crippen LogP contribution in [0.4, 0.5) is 0 Å². The molecule has 1 aliphatic rings. The van der Waals surface area contributed by atoms with E-state index in [4.69, 9.17) is 0 Å². The van der Waals surface area contributed by atoms with Crippen LogP contribution in [0.15, 0.2) is 24.5 Å². The van der Waals surface area contributed by atoms with Crippen molar-refractivity contribution in [1.82, 2.24) is 10.3 Å². The first-order valence-corrected chi connectivity index (χ1v) is 6.78. The van der Waals surface area contributed by atoms with Crippen LogP contribution < -0.4 is 5.32 Å². The van der Waals surface area contributed by atoms with Gasteiger partial charge >= 0.3 is 0 Å². The molecular weight excluding hydrogens is 212 g/mol. The van der Waals surface area contributed by atoms with E-state index in [0.29, 0.717) is 11.7 Å². The Hall–Kier alpha value is -0.940. The molecule has 1 saturated heterocycles. The van der Waals surface area contributed by atoms with E-state index in [9.17, 15) is 8.42 Å². The zero-order chi connectivity index (χ0) is 10.7. The van der Waals surface area contributed by atoms with Crippen LogP contribution in [0.2, 0.25) is 0 Å². The molecule has 0 amide bonds. The topological polar surface area (TPSA) is 59.1 Å². The van der Waals surface area contributed by atoms with E-state index < -0.39 is 9.84 Å². The predicted molar refractivity (Wildman–Crippen MR) is 58.1 cm³/mol. The summed E-state index contributed by atoms with van der Waals surface area (Å²) in [5.41, 5.74) is 0.817. The SMILES string of the molecule is O=S(=O)(Cc1ccncc1)CC1CNC1. The summed E-state index contributed by atoms with van der Waals surface area (Å²) in [6, 6.07) is 3.49. The molecule has 1 aliphatic heterocycles. The second-order valence-corrected chi connectivity index (χ2v) is 6.04. The van der Waals surface area contributed by atoms with Crippen molar-refractivity contribution in [2.24, 2.45) is 5.92 Å². The molecule has 0 radical (unpaired) electrons. The third-order valence-electron chi connectivity index (χ3n) is 2.49. The Labute approximate surface area is 89.6 Å². The number of pyridine rings is 1. The molecule has 5 heteroatoms. The van der Waals surface area contributed by atoms with Gasteiger partial charge in [-0.3, -0.25) is 4.98 Å². The summed E-state index contributed by atoms with van der Waals surface area (Å²) >= 11 is 0. The van der Waals surface area contributed by atoms with Gasteiger partial charge in [0.05, 0.1) is 11.5 Å². The largest absolute Gasteiger partial charge is 0.316 e. The average Bonchev–Trinajstić information content (AvgIpc) is 2.13. The molecule has 15 heavy (non-hydrogen) atoms. The highest BCUT2D eigenvalue weighted by molar-refractivity contribution is 7.90. The second-order valence-electron chi connectivity index (χ2n) is 3.93. The van der Waals surface area contributed by atoms with Gasteiger partial charge in [0.1, 0.15) is 0 Å². The van der Waals surface area contributed by atoms with Crippen LogP contribution in [0.25, 0.3) is 0 Å². The van der Waals surface area contributed by atoms with Gasteiger partial charge in [0.15, 0.2) is 9.84 Å². The maximum atomic E-state index is 11.8. The van der Waals surface area contributed by atoms with Crippen molar-refractivity contribution in [3.05, 3.63) is 30.1 Å². The van der Waals surface area contributed by atoms with Crippen molar-refractivity contribution < 1.29 is 8.42 Å². The lowest BCUT2D eigenvalue weighted by Gasteiger charge is -2.26. The number of nitrogens with zero attached hydrogens (tertiary/aromatic N) is 1. The smallest absolute Gasteiger partial charge is 0.154 e. The van der Waals surface area contributed by atoms with Crippen molar-refractivity contribution >= 4 is 9.84 Å². The highest BCUT2D eigenvalue weighted by Crippen LogP contribution is 2.11. The van der Waals surface area contributed by atoms with E-state index in [1.807, 2.05) is 0 Å². The van der Waals surface area contributed by atoms with Crippen LogP contribution in [-0.4, -0.2) is 32.2 Å². The molecule has 0 saturated carbocycles. The summed E-state index contributed by atoms with van der Waals surface area (Å²) in [4.78, 5) is 3.86. The summed E-state index contributed by atoms with van der Waals surface area (Å²) in [7, 11) is -2.96. The van der Waals surface area contributed by atoms with E-state index in [1.54, 1.807) is 24.5 Å². The van der Waals surface area contributed by atoms with Crippen LogP contribution in [0.5, 0.6) is 0 Å². The summed E-state index contributed by atoms with van der Waals surface area (Å²) in [6.07, 6.45) is 3.24. The third-order valence-corrected chi connectivity index (χ3v) is 4.24. The first kappa shape index (κ1) is 10.6. The lowest BCUT2D eigenvalue weighted by atomic mass is 10.1. The molecular formula is C10H14N2O2S. The minimum Gasteiger partial charge on any atom is -0.316 e. The van der Waals surface area contributed by atoms with Crippen LogP contribution in [0, 0.1) is 5.92 Å². The molecule has 4 nitrogen and oxygen atoms in total. The number of nitrogens with one attached hydrogen (secondary N) is 1. The van der Waals surface area contributed by atoms with Crippen molar-refractivity contribution in [1.29, 1.82) is 0 Å². The van der Waals surface area contributed by atoms with Crippen LogP contribution in [0.3, 0.4) is 0 Å². The van der Waals surface area contributed by atoms with Crippen LogP contribution >= 0.6 is 0 Å². The van der Waals surface area contributed by atoms with Gasteiger partial charge in [-0.15, -0.1) is 0 Å². The summed E-state index contributed by atoms with van der Waals surface area (Å²) in [6.45, 7) is 1.66. The van der Waals surface area contributed by atoms with E-state index in [-0.39, 0.29) is 5.75 Å². The Morgan fingerprint density at radius 2 is 2.00 bits per heavy atom. The predicted octanol–water partition coefficient (Wildman–Crippen LogP) is 0.216. The zero-order valence-electron chi connectivity index (χ0n) is 8.39. The molecule has 2 heterocycles. The Morgan fingerprint density at radius 1 is 1.33 bits per heavy atom. The second kappa shape index (κ2) is 4.28. The molecule has 0 spiro atoms. The normalized spacial score (nSPS) is 17.3. The van der Waals surface area contributed by atoms with Crippen molar-refractivity contribution in [2.45, 2.75) is 5.75 Å². The molecule has 0 aromatic carbocycles. The van der Waals surface area contributed by atoms with Gasteiger partial charge in [0, 0.05) is 25.5 Å². The monoisotopic (exact) mass is 226 g/mol. The fourth-order valence-electron chi connectivity index (χ4n) is 1.62. The molecule has 0 atom stereocenters. The van der Waals surface area contributed by atoms with E-state index in [2.05, 4.69) is 10.3 Å². The molecule has 1 N–H and O–H groups in total. The maximum absolute atomic E-state index is 11.8. The van der Waals surface area contributed by atoms with Crippen molar-refractivity contribution in [2.75, 3.05) is 18.8 Å². The van der Waals surface area contributed by atoms with E-state index >= 15 is 0 Å². The fraction of sp³-hybridized carbons (Fsp3) is 0.500. The molecule has 0 bridgehead atoms. The Morgan fingerprint density at radius 3 is 2.53 bits per heavy atom. The molecule has 1 fully saturated rings. The minimum atomic E-state index is -2.96. The number of rotatable bonds is 4. The number of aromatic nitrogens is 1. The van der Waals surface area contributed by atoms with Crippen molar-refractivity contribution in [3.8, 4) is 0 Å². The summed E-state index contributed by atoms with van der Waals surface area (Å²) in [5, 5.41) is 3.07. The van der Waals surface area contributed by atoms with Gasteiger partial charge in [-0.2, -0.15) is 0 Å². The van der Waals surface area contributed by atoms with Gasteiger partial charge in [-0.1, -0.05) is 0 Å². The van der Waals surface area contributed by atoms with E-state index in [1.165, 1.54) is 0 Å². The number of hydrogen-bond donors (Lipinski definition) is 1. The van der Waals surface area contributed by atoms with Crippen molar-refractivity contribution in [3.63, 3.8) is 0 Å². The molecule has 0 aliphatic carbocycles. The third kappa shape index (κ3) is 3.00.